The van der Waals surface area contributed by atoms with Gasteiger partial charge in [-0.15, -0.1) is 0 Å². The van der Waals surface area contributed by atoms with Crippen LogP contribution in [0, 0.1) is 6.92 Å². The normalized spacial score (nSPS) is 12.7. The minimum absolute atomic E-state index is 0.166. The van der Waals surface area contributed by atoms with Crippen molar-refractivity contribution in [3.05, 3.63) is 59.2 Å². The van der Waals surface area contributed by atoms with Crippen LogP contribution >= 0.6 is 0 Å². The van der Waals surface area contributed by atoms with E-state index in [1.54, 1.807) is 19.1 Å². The summed E-state index contributed by atoms with van der Waals surface area (Å²) in [5.41, 5.74) is 7.76. The number of rotatable bonds is 4. The van der Waals surface area contributed by atoms with E-state index in [4.69, 9.17) is 5.73 Å². The van der Waals surface area contributed by atoms with Crippen molar-refractivity contribution in [1.29, 1.82) is 0 Å². The Labute approximate surface area is 138 Å². The molecule has 0 aliphatic rings. The van der Waals surface area contributed by atoms with E-state index in [2.05, 4.69) is 5.32 Å². The Morgan fingerprint density at radius 2 is 1.79 bits per heavy atom. The number of carbonyl (C=O) groups excluding carboxylic acids is 1. The first kappa shape index (κ1) is 17.8. The highest BCUT2D eigenvalue weighted by Gasteiger charge is 2.30. The number of nitrogens with one attached hydrogen (secondary N) is 1. The molecule has 0 radical (unpaired) electrons. The maximum atomic E-state index is 12.6. The lowest BCUT2D eigenvalue weighted by molar-refractivity contribution is -0.137. The van der Waals surface area contributed by atoms with E-state index in [9.17, 15) is 18.0 Å². The van der Waals surface area contributed by atoms with Crippen LogP contribution in [0.1, 0.15) is 36.0 Å². The van der Waals surface area contributed by atoms with Gasteiger partial charge >= 0.3 is 6.18 Å². The van der Waals surface area contributed by atoms with Gasteiger partial charge in [-0.2, -0.15) is 13.2 Å². The van der Waals surface area contributed by atoms with E-state index in [1.807, 2.05) is 13.0 Å². The number of nitrogens with two attached hydrogens (primary N) is 1. The Morgan fingerprint density at radius 1 is 1.17 bits per heavy atom. The Kier molecular flexibility index (Phi) is 5.17. The van der Waals surface area contributed by atoms with Gasteiger partial charge in [-0.25, -0.2) is 0 Å². The molecule has 0 aromatic heterocycles. The first-order valence-electron chi connectivity index (χ1n) is 7.50. The van der Waals surface area contributed by atoms with Crippen molar-refractivity contribution in [3.63, 3.8) is 0 Å². The van der Waals surface area contributed by atoms with E-state index in [-0.39, 0.29) is 18.2 Å². The molecule has 2 rings (SSSR count). The lowest BCUT2D eigenvalue weighted by Gasteiger charge is -2.14. The van der Waals surface area contributed by atoms with Crippen molar-refractivity contribution >= 4 is 17.3 Å². The number of hydrogen-bond donors (Lipinski definition) is 2. The number of aryl methyl sites for hydroxylation is 1. The fourth-order valence-electron chi connectivity index (χ4n) is 2.37. The molecule has 128 valence electrons. The molecule has 2 aromatic rings. The standard InChI is InChI=1S/C18H19F3N2O/c1-11-3-8-15(22)10-16(11)23-17(24)9-12(2)13-4-6-14(7-5-13)18(19,20)21/h3-8,10,12H,9,22H2,1-2H3,(H,23,24). The molecule has 1 atom stereocenters. The van der Waals surface area contributed by atoms with Crippen molar-refractivity contribution in [2.45, 2.75) is 32.4 Å². The molecule has 3 nitrogen and oxygen atoms in total. The molecule has 6 heteroatoms. The second-order valence-corrected chi connectivity index (χ2v) is 5.85. The van der Waals surface area contributed by atoms with E-state index < -0.39 is 11.7 Å². The summed E-state index contributed by atoms with van der Waals surface area (Å²) in [6, 6.07) is 10.1. The van der Waals surface area contributed by atoms with Crippen LogP contribution in [-0.2, 0) is 11.0 Å². The summed E-state index contributed by atoms with van der Waals surface area (Å²) in [5.74, 6) is -0.412. The summed E-state index contributed by atoms with van der Waals surface area (Å²) in [6.07, 6.45) is -4.19. The summed E-state index contributed by atoms with van der Waals surface area (Å²) < 4.78 is 37.7. The smallest absolute Gasteiger partial charge is 0.399 e. The molecular weight excluding hydrogens is 317 g/mol. The minimum atomic E-state index is -4.36. The molecule has 2 aromatic carbocycles. The third kappa shape index (κ3) is 4.50. The van der Waals surface area contributed by atoms with Crippen LogP contribution in [0.4, 0.5) is 24.5 Å². The molecular formula is C18H19F3N2O. The molecule has 0 aliphatic carbocycles. The Morgan fingerprint density at radius 3 is 2.38 bits per heavy atom. The van der Waals surface area contributed by atoms with Crippen LogP contribution in [0.2, 0.25) is 0 Å². The number of amides is 1. The fourth-order valence-corrected chi connectivity index (χ4v) is 2.37. The summed E-state index contributed by atoms with van der Waals surface area (Å²) >= 11 is 0. The van der Waals surface area contributed by atoms with Crippen LogP contribution in [-0.4, -0.2) is 5.91 Å². The average molecular weight is 336 g/mol. The van der Waals surface area contributed by atoms with Gasteiger partial charge in [0, 0.05) is 17.8 Å². The monoisotopic (exact) mass is 336 g/mol. The maximum absolute atomic E-state index is 12.6. The van der Waals surface area contributed by atoms with Gasteiger partial charge in [-0.3, -0.25) is 4.79 Å². The van der Waals surface area contributed by atoms with Gasteiger partial charge in [-0.05, 0) is 48.2 Å². The van der Waals surface area contributed by atoms with Gasteiger partial charge in [0.05, 0.1) is 5.56 Å². The SMILES string of the molecule is Cc1ccc(N)cc1NC(=O)CC(C)c1ccc(C(F)(F)F)cc1. The van der Waals surface area contributed by atoms with Gasteiger partial charge in [-0.1, -0.05) is 25.1 Å². The topological polar surface area (TPSA) is 55.1 Å². The number of carbonyl (C=O) groups is 1. The second kappa shape index (κ2) is 6.95. The zero-order chi connectivity index (χ0) is 17.9. The largest absolute Gasteiger partial charge is 0.416 e. The van der Waals surface area contributed by atoms with Crippen molar-refractivity contribution in [2.75, 3.05) is 11.1 Å². The van der Waals surface area contributed by atoms with Crippen LogP contribution in [0.25, 0.3) is 0 Å². The Bertz CT molecular complexity index is 724. The quantitative estimate of drug-likeness (QED) is 0.793. The van der Waals surface area contributed by atoms with Gasteiger partial charge in [0.25, 0.3) is 0 Å². The lowest BCUT2D eigenvalue weighted by atomic mass is 9.96. The van der Waals surface area contributed by atoms with Crippen molar-refractivity contribution in [2.24, 2.45) is 0 Å². The number of halogens is 3. The third-order valence-corrected chi connectivity index (χ3v) is 3.83. The van der Waals surface area contributed by atoms with Crippen molar-refractivity contribution in [3.8, 4) is 0 Å². The second-order valence-electron chi connectivity index (χ2n) is 5.85. The maximum Gasteiger partial charge on any atom is 0.416 e. The molecule has 24 heavy (non-hydrogen) atoms. The lowest BCUT2D eigenvalue weighted by Crippen LogP contribution is -2.15. The number of anilines is 2. The zero-order valence-corrected chi connectivity index (χ0v) is 13.4. The average Bonchev–Trinajstić information content (AvgIpc) is 2.50. The fraction of sp³-hybridized carbons (Fsp3) is 0.278. The van der Waals surface area contributed by atoms with Gasteiger partial charge in [0.2, 0.25) is 5.91 Å². The van der Waals surface area contributed by atoms with Crippen molar-refractivity contribution < 1.29 is 18.0 Å². The van der Waals surface area contributed by atoms with E-state index in [0.29, 0.717) is 16.9 Å². The Balaban J connectivity index is 2.02. The molecule has 1 amide bonds. The first-order chi connectivity index (χ1) is 11.2. The summed E-state index contributed by atoms with van der Waals surface area (Å²) in [6.45, 7) is 3.66. The molecule has 0 fully saturated rings. The molecule has 0 bridgehead atoms. The van der Waals surface area contributed by atoms with Gasteiger partial charge < -0.3 is 11.1 Å². The molecule has 0 saturated carbocycles. The first-order valence-corrected chi connectivity index (χ1v) is 7.50. The third-order valence-electron chi connectivity index (χ3n) is 3.83. The molecule has 3 N–H and O–H groups in total. The summed E-state index contributed by atoms with van der Waals surface area (Å²) in [5, 5.41) is 2.79. The number of alkyl halides is 3. The predicted octanol–water partition coefficient (Wildman–Crippen LogP) is 4.73. The van der Waals surface area contributed by atoms with E-state index in [0.717, 1.165) is 17.7 Å². The van der Waals surface area contributed by atoms with Crippen LogP contribution in [0.3, 0.4) is 0 Å². The minimum Gasteiger partial charge on any atom is -0.399 e. The Hall–Kier alpha value is -2.50. The van der Waals surface area contributed by atoms with Crippen LogP contribution < -0.4 is 11.1 Å². The molecule has 0 spiro atoms. The zero-order valence-electron chi connectivity index (χ0n) is 13.4. The summed E-state index contributed by atoms with van der Waals surface area (Å²) in [4.78, 5) is 12.2. The van der Waals surface area contributed by atoms with Gasteiger partial charge in [0.1, 0.15) is 0 Å². The highest BCUT2D eigenvalue weighted by Crippen LogP contribution is 2.30. The highest BCUT2D eigenvalue weighted by atomic mass is 19.4. The van der Waals surface area contributed by atoms with Crippen LogP contribution in [0.5, 0.6) is 0 Å². The molecule has 0 saturated heterocycles. The molecule has 0 aliphatic heterocycles. The van der Waals surface area contributed by atoms with Gasteiger partial charge in [0.15, 0.2) is 0 Å². The predicted molar refractivity (Wildman–Crippen MR) is 88.7 cm³/mol. The number of nitrogen functional groups attached to an aromatic ring is 1. The van der Waals surface area contributed by atoms with E-state index >= 15 is 0 Å². The van der Waals surface area contributed by atoms with Crippen molar-refractivity contribution in [1.82, 2.24) is 0 Å². The van der Waals surface area contributed by atoms with E-state index in [1.165, 1.54) is 12.1 Å². The highest BCUT2D eigenvalue weighted by molar-refractivity contribution is 5.92. The van der Waals surface area contributed by atoms with Crippen LogP contribution in [0.15, 0.2) is 42.5 Å². The molecule has 0 heterocycles. The summed E-state index contributed by atoms with van der Waals surface area (Å²) in [7, 11) is 0. The number of benzene rings is 2. The number of hydrogen-bond acceptors (Lipinski definition) is 2. The molecule has 1 unspecified atom stereocenters.